The summed E-state index contributed by atoms with van der Waals surface area (Å²) < 4.78 is 60.3. The number of nitrogens with one attached hydrogen (secondary N) is 3. The SMILES string of the molecule is COc1cc(C)nc(NC(=NS(=O)(=O)c2ccccc2Br)NNS(=O)(=O)c2ccc(C)cc2)n1. The lowest BCUT2D eigenvalue weighted by molar-refractivity contribution is 0.397. The van der Waals surface area contributed by atoms with Crippen LogP contribution >= 0.6 is 15.9 Å². The first-order valence-electron chi connectivity index (χ1n) is 9.61. The number of nitrogens with zero attached hydrogens (tertiary/aromatic N) is 3. The maximum atomic E-state index is 12.9. The van der Waals surface area contributed by atoms with E-state index in [9.17, 15) is 16.8 Å². The van der Waals surface area contributed by atoms with Crippen molar-refractivity contribution in [3.8, 4) is 5.88 Å². The number of rotatable bonds is 7. The zero-order chi connectivity index (χ0) is 24.9. The summed E-state index contributed by atoms with van der Waals surface area (Å²) in [5.74, 6) is -0.345. The summed E-state index contributed by atoms with van der Waals surface area (Å²) in [7, 11) is -6.94. The number of hydrogen-bond acceptors (Lipinski definition) is 7. The standard InChI is InChI=1S/C20H21BrN6O5S2/c1-13-8-10-15(11-9-13)33(28,29)27-25-20(24-19-22-14(2)12-18(23-19)32-3)26-34(30,31)17-7-5-4-6-16(17)21/h4-12,27H,1-3H3,(H2,22,23,24,25,26). The van der Waals surface area contributed by atoms with Crippen molar-refractivity contribution in [2.45, 2.75) is 23.6 Å². The summed E-state index contributed by atoms with van der Waals surface area (Å²) in [4.78, 5) is 10.2. The fourth-order valence-electron chi connectivity index (χ4n) is 2.60. The van der Waals surface area contributed by atoms with Gasteiger partial charge in [0.15, 0.2) is 0 Å². The maximum absolute atomic E-state index is 12.9. The number of hydrogen-bond donors (Lipinski definition) is 3. The Bertz CT molecular complexity index is 1430. The molecule has 0 aliphatic carbocycles. The van der Waals surface area contributed by atoms with Crippen molar-refractivity contribution in [1.29, 1.82) is 0 Å². The number of ether oxygens (including phenoxy) is 1. The molecule has 3 aromatic rings. The third-order valence-electron chi connectivity index (χ3n) is 4.23. The quantitative estimate of drug-likeness (QED) is 0.221. The van der Waals surface area contributed by atoms with Gasteiger partial charge in [-0.15, -0.1) is 9.23 Å². The van der Waals surface area contributed by atoms with Crippen LogP contribution in [0.5, 0.6) is 5.88 Å². The highest BCUT2D eigenvalue weighted by Crippen LogP contribution is 2.23. The van der Waals surface area contributed by atoms with Gasteiger partial charge in [0.2, 0.25) is 17.8 Å². The highest BCUT2D eigenvalue weighted by Gasteiger charge is 2.20. The summed E-state index contributed by atoms with van der Waals surface area (Å²) in [5, 5.41) is 2.59. The number of guanidine groups is 1. The Hall–Kier alpha value is -3.07. The maximum Gasteiger partial charge on any atom is 0.286 e. The molecule has 0 amide bonds. The molecule has 34 heavy (non-hydrogen) atoms. The molecule has 2 aromatic carbocycles. The van der Waals surface area contributed by atoms with Gasteiger partial charge in [0.1, 0.15) is 4.90 Å². The fourth-order valence-corrected chi connectivity index (χ4v) is 5.33. The molecule has 0 aliphatic rings. The minimum Gasteiger partial charge on any atom is -0.481 e. The first-order chi connectivity index (χ1) is 16.0. The highest BCUT2D eigenvalue weighted by atomic mass is 79.9. The average Bonchev–Trinajstić information content (AvgIpc) is 2.77. The van der Waals surface area contributed by atoms with Crippen molar-refractivity contribution in [1.82, 2.24) is 20.2 Å². The van der Waals surface area contributed by atoms with Crippen LogP contribution in [0.2, 0.25) is 0 Å². The molecule has 1 aromatic heterocycles. The average molecular weight is 569 g/mol. The van der Waals surface area contributed by atoms with Crippen molar-refractivity contribution >= 4 is 47.9 Å². The predicted molar refractivity (Wildman–Crippen MR) is 130 cm³/mol. The summed E-state index contributed by atoms with van der Waals surface area (Å²) in [6.07, 6.45) is 0. The number of sulfonamides is 2. The van der Waals surface area contributed by atoms with E-state index in [1.165, 1.54) is 37.4 Å². The molecule has 0 spiro atoms. The molecule has 3 N–H and O–H groups in total. The summed E-state index contributed by atoms with van der Waals surface area (Å²) in [6.45, 7) is 3.50. The molecule has 0 radical (unpaired) electrons. The number of anilines is 1. The predicted octanol–water partition coefficient (Wildman–Crippen LogP) is 2.50. The lowest BCUT2D eigenvalue weighted by Crippen LogP contribution is -2.45. The third-order valence-corrected chi connectivity index (χ3v) is 7.78. The zero-order valence-electron chi connectivity index (χ0n) is 18.3. The molecule has 0 aliphatic heterocycles. The van der Waals surface area contributed by atoms with E-state index in [2.05, 4.69) is 45.9 Å². The number of hydrazine groups is 1. The minimum absolute atomic E-state index is 0.0351. The highest BCUT2D eigenvalue weighted by molar-refractivity contribution is 9.10. The molecule has 0 atom stereocenters. The van der Waals surface area contributed by atoms with E-state index >= 15 is 0 Å². The molecule has 0 saturated heterocycles. The van der Waals surface area contributed by atoms with Crippen molar-refractivity contribution in [2.75, 3.05) is 12.4 Å². The van der Waals surface area contributed by atoms with Gasteiger partial charge >= 0.3 is 0 Å². The van der Waals surface area contributed by atoms with Crippen molar-refractivity contribution in [3.05, 3.63) is 70.3 Å². The second-order valence-electron chi connectivity index (χ2n) is 6.89. The first-order valence-corrected chi connectivity index (χ1v) is 13.3. The van der Waals surface area contributed by atoms with Gasteiger partial charge in [-0.05, 0) is 54.0 Å². The smallest absolute Gasteiger partial charge is 0.286 e. The topological polar surface area (TPSA) is 152 Å². The summed E-state index contributed by atoms with van der Waals surface area (Å²) >= 11 is 3.18. The van der Waals surface area contributed by atoms with Crippen molar-refractivity contribution in [2.24, 2.45) is 4.40 Å². The number of aryl methyl sites for hydroxylation is 2. The normalized spacial score (nSPS) is 12.3. The van der Waals surface area contributed by atoms with E-state index in [1.807, 2.05) is 6.92 Å². The van der Waals surface area contributed by atoms with Gasteiger partial charge < -0.3 is 4.74 Å². The molecule has 0 bridgehead atoms. The lowest BCUT2D eigenvalue weighted by atomic mass is 10.2. The molecule has 0 saturated carbocycles. The molecular formula is C20H21BrN6O5S2. The van der Waals surface area contributed by atoms with Crippen LogP contribution in [-0.2, 0) is 20.0 Å². The van der Waals surface area contributed by atoms with E-state index in [-0.39, 0.29) is 26.1 Å². The molecule has 1 heterocycles. The first kappa shape index (κ1) is 25.6. The Balaban J connectivity index is 1.98. The van der Waals surface area contributed by atoms with Crippen LogP contribution in [0.3, 0.4) is 0 Å². The molecule has 180 valence electrons. The number of halogens is 1. The van der Waals surface area contributed by atoms with Gasteiger partial charge in [-0.2, -0.15) is 13.4 Å². The number of benzene rings is 2. The second kappa shape index (κ2) is 10.5. The van der Waals surface area contributed by atoms with E-state index in [4.69, 9.17) is 4.74 Å². The number of aromatic nitrogens is 2. The van der Waals surface area contributed by atoms with Gasteiger partial charge in [-0.1, -0.05) is 29.8 Å². The van der Waals surface area contributed by atoms with E-state index in [0.29, 0.717) is 5.69 Å². The minimum atomic E-state index is -4.28. The molecule has 11 nitrogen and oxygen atoms in total. The number of methoxy groups -OCH3 is 1. The lowest BCUT2D eigenvalue weighted by Gasteiger charge is -2.14. The monoisotopic (exact) mass is 568 g/mol. The van der Waals surface area contributed by atoms with Crippen LogP contribution in [0.15, 0.2) is 73.3 Å². The summed E-state index contributed by atoms with van der Waals surface area (Å²) in [5.41, 5.74) is 3.70. The second-order valence-corrected chi connectivity index (χ2v) is 11.0. The van der Waals surface area contributed by atoms with E-state index < -0.39 is 26.0 Å². The van der Waals surface area contributed by atoms with Crippen molar-refractivity contribution in [3.63, 3.8) is 0 Å². The Kier molecular flexibility index (Phi) is 7.86. The van der Waals surface area contributed by atoms with Gasteiger partial charge in [-0.3, -0.25) is 10.7 Å². The fraction of sp³-hybridized carbons (Fsp3) is 0.150. The van der Waals surface area contributed by atoms with Gasteiger partial charge in [0, 0.05) is 16.2 Å². The van der Waals surface area contributed by atoms with Crippen LogP contribution in [0.4, 0.5) is 5.95 Å². The van der Waals surface area contributed by atoms with E-state index in [1.54, 1.807) is 31.2 Å². The molecular weight excluding hydrogens is 548 g/mol. The van der Waals surface area contributed by atoms with Gasteiger partial charge in [-0.25, -0.2) is 13.4 Å². The third kappa shape index (κ3) is 6.50. The molecule has 14 heteroatoms. The van der Waals surface area contributed by atoms with Crippen LogP contribution in [0, 0.1) is 13.8 Å². The molecule has 3 rings (SSSR count). The van der Waals surface area contributed by atoms with Crippen molar-refractivity contribution < 1.29 is 21.6 Å². The zero-order valence-corrected chi connectivity index (χ0v) is 21.5. The Labute approximate surface area is 205 Å². The van der Waals surface area contributed by atoms with Crippen LogP contribution in [0.25, 0.3) is 0 Å². The Morgan fingerprint density at radius 1 is 1.00 bits per heavy atom. The molecule has 0 fully saturated rings. The van der Waals surface area contributed by atoms with Crippen LogP contribution in [0.1, 0.15) is 11.3 Å². The summed E-state index contributed by atoms with van der Waals surface area (Å²) in [6, 6.07) is 13.7. The van der Waals surface area contributed by atoms with Crippen LogP contribution < -0.4 is 20.3 Å². The Morgan fingerprint density at radius 2 is 1.68 bits per heavy atom. The van der Waals surface area contributed by atoms with Gasteiger partial charge in [0.25, 0.3) is 20.0 Å². The Morgan fingerprint density at radius 3 is 2.32 bits per heavy atom. The molecule has 0 unspecified atom stereocenters. The van der Waals surface area contributed by atoms with Crippen LogP contribution in [-0.4, -0.2) is 39.9 Å². The van der Waals surface area contributed by atoms with Gasteiger partial charge in [0.05, 0.1) is 12.0 Å². The van der Waals surface area contributed by atoms with E-state index in [0.717, 1.165) is 5.56 Å². The largest absolute Gasteiger partial charge is 0.481 e.